The molecular formula is C16H14F3NOS. The summed E-state index contributed by atoms with van der Waals surface area (Å²) in [6, 6.07) is 11.3. The van der Waals surface area contributed by atoms with E-state index in [1.807, 2.05) is 30.3 Å². The van der Waals surface area contributed by atoms with Crippen molar-refractivity contribution in [2.24, 2.45) is 0 Å². The van der Waals surface area contributed by atoms with Gasteiger partial charge in [0, 0.05) is 5.75 Å². The van der Waals surface area contributed by atoms with E-state index in [9.17, 15) is 18.0 Å². The molecule has 0 radical (unpaired) electrons. The predicted molar refractivity (Wildman–Crippen MR) is 82.1 cm³/mol. The van der Waals surface area contributed by atoms with Gasteiger partial charge in [-0.05, 0) is 24.6 Å². The normalized spacial score (nSPS) is 12.0. The number of carbonyl (C=O) groups excluding carboxylic acids is 1. The minimum absolute atomic E-state index is 0.365. The van der Waals surface area contributed by atoms with Crippen LogP contribution in [-0.4, -0.2) is 11.2 Å². The van der Waals surface area contributed by atoms with Crippen LogP contribution in [0, 0.1) is 17.5 Å². The molecular weight excluding hydrogens is 311 g/mol. The maximum Gasteiger partial charge on any atom is 0.237 e. The van der Waals surface area contributed by atoms with E-state index in [1.54, 1.807) is 6.92 Å². The van der Waals surface area contributed by atoms with E-state index in [0.717, 1.165) is 17.7 Å². The van der Waals surface area contributed by atoms with Gasteiger partial charge in [-0.1, -0.05) is 30.3 Å². The first-order chi connectivity index (χ1) is 10.5. The lowest BCUT2D eigenvalue weighted by atomic mass is 10.2. The first kappa shape index (κ1) is 16.4. The molecule has 0 heterocycles. The second-order valence-corrected chi connectivity index (χ2v) is 5.98. The van der Waals surface area contributed by atoms with E-state index >= 15 is 0 Å². The maximum absolute atomic E-state index is 13.5. The highest BCUT2D eigenvalue weighted by molar-refractivity contribution is 7.99. The van der Waals surface area contributed by atoms with Crippen LogP contribution in [0.15, 0.2) is 42.5 Å². The van der Waals surface area contributed by atoms with Crippen LogP contribution >= 0.6 is 11.8 Å². The molecule has 0 aliphatic heterocycles. The quantitative estimate of drug-likeness (QED) is 0.827. The Kier molecular flexibility index (Phi) is 5.49. The van der Waals surface area contributed by atoms with Crippen molar-refractivity contribution >= 4 is 23.4 Å². The molecule has 0 aliphatic rings. The van der Waals surface area contributed by atoms with Crippen molar-refractivity contribution in [3.63, 3.8) is 0 Å². The minimum Gasteiger partial charge on any atom is -0.323 e. The number of carbonyl (C=O) groups is 1. The molecule has 1 atom stereocenters. The van der Waals surface area contributed by atoms with Gasteiger partial charge < -0.3 is 5.32 Å². The molecule has 0 bridgehead atoms. The first-order valence-electron chi connectivity index (χ1n) is 6.59. The Hall–Kier alpha value is -1.95. The number of rotatable bonds is 5. The molecule has 0 aliphatic carbocycles. The van der Waals surface area contributed by atoms with E-state index in [1.165, 1.54) is 11.8 Å². The molecule has 1 N–H and O–H groups in total. The lowest BCUT2D eigenvalue weighted by molar-refractivity contribution is -0.115. The summed E-state index contributed by atoms with van der Waals surface area (Å²) in [5, 5.41) is 1.81. The molecule has 0 aromatic heterocycles. The number of nitrogens with one attached hydrogen (secondary N) is 1. The highest BCUT2D eigenvalue weighted by Gasteiger charge is 2.18. The van der Waals surface area contributed by atoms with Crippen molar-refractivity contribution in [2.45, 2.75) is 17.9 Å². The van der Waals surface area contributed by atoms with Crippen LogP contribution in [0.5, 0.6) is 0 Å². The summed E-state index contributed by atoms with van der Waals surface area (Å²) in [6.07, 6.45) is 0. The van der Waals surface area contributed by atoms with Crippen LogP contribution < -0.4 is 5.32 Å². The Morgan fingerprint density at radius 2 is 1.77 bits per heavy atom. The van der Waals surface area contributed by atoms with Crippen molar-refractivity contribution < 1.29 is 18.0 Å². The van der Waals surface area contributed by atoms with Gasteiger partial charge in [-0.2, -0.15) is 0 Å². The average molecular weight is 325 g/mol. The smallest absolute Gasteiger partial charge is 0.237 e. The summed E-state index contributed by atoms with van der Waals surface area (Å²) in [4.78, 5) is 12.0. The number of anilines is 1. The van der Waals surface area contributed by atoms with Crippen molar-refractivity contribution in [1.29, 1.82) is 0 Å². The Labute approximate surface area is 130 Å². The van der Waals surface area contributed by atoms with E-state index in [2.05, 4.69) is 5.32 Å². The van der Waals surface area contributed by atoms with Crippen molar-refractivity contribution in [1.82, 2.24) is 0 Å². The van der Waals surface area contributed by atoms with Gasteiger partial charge >= 0.3 is 0 Å². The van der Waals surface area contributed by atoms with Crippen LogP contribution in [-0.2, 0) is 10.5 Å². The molecule has 2 aromatic rings. The molecule has 116 valence electrons. The molecule has 1 unspecified atom stereocenters. The molecule has 6 heteroatoms. The van der Waals surface area contributed by atoms with E-state index in [4.69, 9.17) is 0 Å². The predicted octanol–water partition coefficient (Wildman–Crippen LogP) is 4.36. The van der Waals surface area contributed by atoms with Gasteiger partial charge in [0.15, 0.2) is 17.5 Å². The number of hydrogen-bond donors (Lipinski definition) is 1. The number of hydrogen-bond acceptors (Lipinski definition) is 2. The van der Waals surface area contributed by atoms with Gasteiger partial charge in [0.1, 0.15) is 0 Å². The molecule has 2 aromatic carbocycles. The number of amides is 1. The van der Waals surface area contributed by atoms with E-state index in [0.29, 0.717) is 5.75 Å². The Balaban J connectivity index is 1.96. The van der Waals surface area contributed by atoms with Crippen molar-refractivity contribution in [3.8, 4) is 0 Å². The Bertz CT molecular complexity index is 664. The van der Waals surface area contributed by atoms with Gasteiger partial charge in [-0.15, -0.1) is 11.8 Å². The van der Waals surface area contributed by atoms with E-state index in [-0.39, 0.29) is 5.69 Å². The van der Waals surface area contributed by atoms with Crippen LogP contribution in [0.25, 0.3) is 0 Å². The first-order valence-corrected chi connectivity index (χ1v) is 7.64. The maximum atomic E-state index is 13.5. The topological polar surface area (TPSA) is 29.1 Å². The zero-order chi connectivity index (χ0) is 16.1. The number of benzene rings is 2. The lowest BCUT2D eigenvalue weighted by Gasteiger charge is -2.13. The molecule has 0 fully saturated rings. The highest BCUT2D eigenvalue weighted by atomic mass is 32.2. The zero-order valence-electron chi connectivity index (χ0n) is 11.8. The molecule has 22 heavy (non-hydrogen) atoms. The summed E-state index contributed by atoms with van der Waals surface area (Å²) >= 11 is 1.37. The van der Waals surface area contributed by atoms with Crippen LogP contribution in [0.4, 0.5) is 18.9 Å². The molecule has 2 rings (SSSR count). The summed E-state index contributed by atoms with van der Waals surface area (Å²) in [5.41, 5.74) is 0.696. The fraction of sp³-hybridized carbons (Fsp3) is 0.188. The molecule has 2 nitrogen and oxygen atoms in total. The SMILES string of the molecule is CC(SCc1ccccc1)C(=O)Nc1ccc(F)c(F)c1F. The molecule has 1 amide bonds. The van der Waals surface area contributed by atoms with Crippen molar-refractivity contribution in [3.05, 3.63) is 65.5 Å². The van der Waals surface area contributed by atoms with Crippen LogP contribution in [0.2, 0.25) is 0 Å². The molecule has 0 saturated heterocycles. The van der Waals surface area contributed by atoms with E-state index < -0.39 is 28.6 Å². The van der Waals surface area contributed by atoms with Gasteiger partial charge in [-0.3, -0.25) is 4.79 Å². The van der Waals surface area contributed by atoms with Crippen LogP contribution in [0.1, 0.15) is 12.5 Å². The standard InChI is InChI=1S/C16H14F3NOS/c1-10(22-9-11-5-3-2-4-6-11)16(21)20-13-8-7-12(17)14(18)15(13)19/h2-8,10H,9H2,1H3,(H,20,21). The third-order valence-electron chi connectivity index (χ3n) is 3.01. The fourth-order valence-corrected chi connectivity index (χ4v) is 2.57. The zero-order valence-corrected chi connectivity index (χ0v) is 12.6. The summed E-state index contributed by atoms with van der Waals surface area (Å²) in [7, 11) is 0. The highest BCUT2D eigenvalue weighted by Crippen LogP contribution is 2.22. The second-order valence-electron chi connectivity index (χ2n) is 4.65. The third kappa shape index (κ3) is 4.04. The van der Waals surface area contributed by atoms with Gasteiger partial charge in [0.2, 0.25) is 5.91 Å². The van der Waals surface area contributed by atoms with Gasteiger partial charge in [-0.25, -0.2) is 13.2 Å². The van der Waals surface area contributed by atoms with Crippen LogP contribution in [0.3, 0.4) is 0 Å². The largest absolute Gasteiger partial charge is 0.323 e. The molecule has 0 saturated carbocycles. The number of thioether (sulfide) groups is 1. The van der Waals surface area contributed by atoms with Crippen molar-refractivity contribution in [2.75, 3.05) is 5.32 Å². The monoisotopic (exact) mass is 325 g/mol. The Morgan fingerprint density at radius 1 is 1.09 bits per heavy atom. The molecule has 0 spiro atoms. The minimum atomic E-state index is -1.60. The number of halogens is 3. The summed E-state index contributed by atoms with van der Waals surface area (Å²) in [6.45, 7) is 1.67. The average Bonchev–Trinajstić information content (AvgIpc) is 2.54. The summed E-state index contributed by atoms with van der Waals surface area (Å²) < 4.78 is 39.4. The summed E-state index contributed by atoms with van der Waals surface area (Å²) in [5.74, 6) is -4.13. The Morgan fingerprint density at radius 3 is 2.45 bits per heavy atom. The second kappa shape index (κ2) is 7.35. The van der Waals surface area contributed by atoms with Gasteiger partial charge in [0.05, 0.1) is 10.9 Å². The fourth-order valence-electron chi connectivity index (χ4n) is 1.73. The third-order valence-corrected chi connectivity index (χ3v) is 4.22. The van der Waals surface area contributed by atoms with Gasteiger partial charge in [0.25, 0.3) is 0 Å². The lowest BCUT2D eigenvalue weighted by Crippen LogP contribution is -2.23.